The Kier molecular flexibility index (Phi) is 8.17. The molecule has 0 aliphatic heterocycles. The molecule has 0 spiro atoms. The summed E-state index contributed by atoms with van der Waals surface area (Å²) in [5, 5.41) is 10.9. The molecule has 0 radical (unpaired) electrons. The Bertz CT molecular complexity index is 603. The molecule has 134 valence electrons. The van der Waals surface area contributed by atoms with Crippen LogP contribution in [0.4, 0.5) is 0 Å². The molecule has 1 aromatic heterocycles. The number of hydrogen-bond donors (Lipinski definition) is 2. The topological polar surface area (TPSA) is 51.2 Å². The normalized spacial score (nSPS) is 11.4. The number of rotatable bonds is 12. The lowest BCUT2D eigenvalue weighted by atomic mass is 10.1. The zero-order valence-corrected chi connectivity index (χ0v) is 15.3. The smallest absolute Gasteiger partial charge is 0.116 e. The molecule has 0 atom stereocenters. The van der Waals surface area contributed by atoms with Crippen molar-refractivity contribution in [3.8, 4) is 5.75 Å². The Morgan fingerprint density at radius 1 is 0.958 bits per heavy atom. The molecule has 0 fully saturated rings. The van der Waals surface area contributed by atoms with Crippen molar-refractivity contribution < 1.29 is 5.11 Å². The third kappa shape index (κ3) is 5.55. The number of unbranched alkanes of at least 4 members (excludes halogenated alkanes) is 8. The number of phenolic OH excluding ortho intramolecular Hbond substituents is 1. The Hall–Kier alpha value is -1.48. The van der Waals surface area contributed by atoms with Gasteiger partial charge in [0.1, 0.15) is 5.75 Å². The van der Waals surface area contributed by atoms with Crippen LogP contribution in [0.2, 0.25) is 0 Å². The fourth-order valence-corrected chi connectivity index (χ4v) is 3.49. The van der Waals surface area contributed by atoms with Crippen LogP contribution in [0.15, 0.2) is 24.4 Å². The fourth-order valence-electron chi connectivity index (χ4n) is 3.49. The average Bonchev–Trinajstić information content (AvgIpc) is 2.91. The van der Waals surface area contributed by atoms with E-state index in [9.17, 15) is 5.11 Å². The summed E-state index contributed by atoms with van der Waals surface area (Å²) in [6, 6.07) is 5.67. The maximum absolute atomic E-state index is 9.74. The Balaban J connectivity index is 1.78. The molecule has 3 nitrogen and oxygen atoms in total. The van der Waals surface area contributed by atoms with Crippen LogP contribution in [0.5, 0.6) is 5.75 Å². The first-order chi connectivity index (χ1) is 11.8. The average molecular weight is 331 g/mol. The van der Waals surface area contributed by atoms with E-state index in [1.807, 2.05) is 12.1 Å². The van der Waals surface area contributed by atoms with Crippen LogP contribution in [-0.4, -0.2) is 16.2 Å². The summed E-state index contributed by atoms with van der Waals surface area (Å²) in [6.45, 7) is 3.97. The van der Waals surface area contributed by atoms with Crippen molar-refractivity contribution in [3.63, 3.8) is 0 Å². The molecule has 24 heavy (non-hydrogen) atoms. The molecular formula is C21H34N2O. The number of aromatic nitrogens is 1. The second kappa shape index (κ2) is 10.4. The van der Waals surface area contributed by atoms with Crippen molar-refractivity contribution in [2.75, 3.05) is 6.54 Å². The minimum atomic E-state index is 0.335. The second-order valence-corrected chi connectivity index (χ2v) is 6.92. The third-order valence-electron chi connectivity index (χ3n) is 4.86. The molecule has 0 unspecified atom stereocenters. The van der Waals surface area contributed by atoms with Gasteiger partial charge in [-0.3, -0.25) is 0 Å². The van der Waals surface area contributed by atoms with Crippen molar-refractivity contribution in [1.82, 2.24) is 4.57 Å². The largest absolute Gasteiger partial charge is 0.508 e. The molecule has 3 heteroatoms. The first kappa shape index (κ1) is 18.9. The molecule has 2 aromatic rings. The quantitative estimate of drug-likeness (QED) is 0.513. The standard InChI is InChI=1S/C21H34N2O/c1-2-3-4-5-6-7-8-9-10-15-23-17-18(13-14-22)20-16-19(24)11-12-21(20)23/h11-12,16-17,24H,2-10,13-15,22H2,1H3. The van der Waals surface area contributed by atoms with Crippen LogP contribution >= 0.6 is 0 Å². The summed E-state index contributed by atoms with van der Waals surface area (Å²) in [5.41, 5.74) is 8.19. The number of nitrogens with two attached hydrogens (primary N) is 1. The van der Waals surface area contributed by atoms with Crippen molar-refractivity contribution >= 4 is 10.9 Å². The molecule has 1 aromatic carbocycles. The molecule has 0 aliphatic rings. The Morgan fingerprint density at radius 3 is 2.29 bits per heavy atom. The van der Waals surface area contributed by atoms with E-state index in [1.54, 1.807) is 6.07 Å². The van der Waals surface area contributed by atoms with Gasteiger partial charge in [0.15, 0.2) is 0 Å². The first-order valence-electron chi connectivity index (χ1n) is 9.77. The van der Waals surface area contributed by atoms with E-state index in [2.05, 4.69) is 17.7 Å². The van der Waals surface area contributed by atoms with Crippen molar-refractivity contribution in [2.24, 2.45) is 5.73 Å². The van der Waals surface area contributed by atoms with E-state index in [4.69, 9.17) is 5.73 Å². The van der Waals surface area contributed by atoms with Gasteiger partial charge in [-0.2, -0.15) is 0 Å². The molecule has 0 saturated heterocycles. The summed E-state index contributed by atoms with van der Waals surface area (Å²) in [6.07, 6.45) is 15.3. The Morgan fingerprint density at radius 2 is 1.62 bits per heavy atom. The maximum Gasteiger partial charge on any atom is 0.116 e. The number of aromatic hydroxyl groups is 1. The number of benzene rings is 1. The molecule has 3 N–H and O–H groups in total. The number of hydrogen-bond acceptors (Lipinski definition) is 2. The highest BCUT2D eigenvalue weighted by molar-refractivity contribution is 5.85. The van der Waals surface area contributed by atoms with Gasteiger partial charge in [0, 0.05) is 23.6 Å². The van der Waals surface area contributed by atoms with Gasteiger partial charge in [0.05, 0.1) is 0 Å². The number of aryl methyl sites for hydroxylation is 1. The van der Waals surface area contributed by atoms with Crippen LogP contribution in [0.3, 0.4) is 0 Å². The van der Waals surface area contributed by atoms with Gasteiger partial charge in [-0.25, -0.2) is 0 Å². The minimum absolute atomic E-state index is 0.335. The first-order valence-corrected chi connectivity index (χ1v) is 9.77. The van der Waals surface area contributed by atoms with E-state index >= 15 is 0 Å². The van der Waals surface area contributed by atoms with Crippen LogP contribution in [0.1, 0.15) is 70.3 Å². The number of fused-ring (bicyclic) bond motifs is 1. The molecule has 0 amide bonds. The number of phenols is 1. The molecule has 0 bridgehead atoms. The minimum Gasteiger partial charge on any atom is -0.508 e. The summed E-state index contributed by atoms with van der Waals surface area (Å²) in [4.78, 5) is 0. The molecule has 0 aliphatic carbocycles. The zero-order chi connectivity index (χ0) is 17.2. The Labute approximate surface area is 146 Å². The van der Waals surface area contributed by atoms with Gasteiger partial charge in [-0.15, -0.1) is 0 Å². The van der Waals surface area contributed by atoms with Gasteiger partial charge in [-0.05, 0) is 43.1 Å². The monoisotopic (exact) mass is 330 g/mol. The van der Waals surface area contributed by atoms with E-state index in [0.717, 1.165) is 18.4 Å². The van der Waals surface area contributed by atoms with Gasteiger partial charge < -0.3 is 15.4 Å². The van der Waals surface area contributed by atoms with Gasteiger partial charge in [0.2, 0.25) is 0 Å². The number of nitrogens with zero attached hydrogens (tertiary/aromatic N) is 1. The van der Waals surface area contributed by atoms with Crippen molar-refractivity contribution in [1.29, 1.82) is 0 Å². The van der Waals surface area contributed by atoms with Gasteiger partial charge in [-0.1, -0.05) is 58.3 Å². The molecule has 2 rings (SSSR count). The fraction of sp³-hybridized carbons (Fsp3) is 0.619. The summed E-state index contributed by atoms with van der Waals surface area (Å²) in [5.74, 6) is 0.335. The zero-order valence-electron chi connectivity index (χ0n) is 15.3. The predicted octanol–water partition coefficient (Wildman–Crippen LogP) is 5.38. The van der Waals surface area contributed by atoms with Crippen LogP contribution < -0.4 is 5.73 Å². The maximum atomic E-state index is 9.74. The van der Waals surface area contributed by atoms with Crippen molar-refractivity contribution in [3.05, 3.63) is 30.0 Å². The van der Waals surface area contributed by atoms with Crippen molar-refractivity contribution in [2.45, 2.75) is 77.7 Å². The van der Waals surface area contributed by atoms with E-state index < -0.39 is 0 Å². The van der Waals surface area contributed by atoms with Gasteiger partial charge in [0.25, 0.3) is 0 Å². The van der Waals surface area contributed by atoms with E-state index in [0.29, 0.717) is 12.3 Å². The molecule has 1 heterocycles. The molecule has 0 saturated carbocycles. The summed E-state index contributed by atoms with van der Waals surface area (Å²) >= 11 is 0. The SMILES string of the molecule is CCCCCCCCCCCn1cc(CCN)c2cc(O)ccc21. The highest BCUT2D eigenvalue weighted by Gasteiger charge is 2.08. The van der Waals surface area contributed by atoms with Crippen LogP contribution in [0, 0.1) is 0 Å². The predicted molar refractivity (Wildman–Crippen MR) is 104 cm³/mol. The highest BCUT2D eigenvalue weighted by atomic mass is 16.3. The third-order valence-corrected chi connectivity index (χ3v) is 4.86. The summed E-state index contributed by atoms with van der Waals surface area (Å²) in [7, 11) is 0. The second-order valence-electron chi connectivity index (χ2n) is 6.92. The lowest BCUT2D eigenvalue weighted by molar-refractivity contribution is 0.476. The van der Waals surface area contributed by atoms with E-state index in [1.165, 1.54) is 68.9 Å². The molecular weight excluding hydrogens is 296 g/mol. The lowest BCUT2D eigenvalue weighted by Gasteiger charge is -2.06. The van der Waals surface area contributed by atoms with Gasteiger partial charge >= 0.3 is 0 Å². The highest BCUT2D eigenvalue weighted by Crippen LogP contribution is 2.26. The van der Waals surface area contributed by atoms with E-state index in [-0.39, 0.29) is 0 Å². The van der Waals surface area contributed by atoms with Crippen LogP contribution in [0.25, 0.3) is 10.9 Å². The van der Waals surface area contributed by atoms with Crippen LogP contribution in [-0.2, 0) is 13.0 Å². The lowest BCUT2D eigenvalue weighted by Crippen LogP contribution is -2.02. The summed E-state index contributed by atoms with van der Waals surface area (Å²) < 4.78 is 2.33.